The van der Waals surface area contributed by atoms with Crippen molar-refractivity contribution >= 4 is 28.5 Å². The summed E-state index contributed by atoms with van der Waals surface area (Å²) < 4.78 is 23.0. The molecule has 1 aliphatic heterocycles. The fourth-order valence-corrected chi connectivity index (χ4v) is 5.03. The first-order valence-electron chi connectivity index (χ1n) is 14.3. The van der Waals surface area contributed by atoms with Crippen LogP contribution in [0.5, 0.6) is 11.5 Å². The predicted octanol–water partition coefficient (Wildman–Crippen LogP) is 6.93. The Bertz CT molecular complexity index is 1660. The van der Waals surface area contributed by atoms with Crippen LogP contribution < -0.4 is 19.8 Å². The van der Waals surface area contributed by atoms with Crippen molar-refractivity contribution in [1.82, 2.24) is 0 Å². The van der Waals surface area contributed by atoms with Crippen molar-refractivity contribution in [1.29, 1.82) is 0 Å². The second kappa shape index (κ2) is 12.5. The van der Waals surface area contributed by atoms with E-state index in [4.69, 9.17) is 18.6 Å². The highest BCUT2D eigenvalue weighted by Crippen LogP contribution is 2.43. The molecule has 1 aliphatic rings. The smallest absolute Gasteiger partial charge is 0.338 e. The Morgan fingerprint density at radius 2 is 1.74 bits per heavy atom. The van der Waals surface area contributed by atoms with Gasteiger partial charge < -0.3 is 18.6 Å². The number of rotatable bonds is 11. The lowest BCUT2D eigenvalue weighted by Gasteiger charge is -2.26. The summed E-state index contributed by atoms with van der Waals surface area (Å²) in [4.78, 5) is 41.8. The molecule has 8 heteroatoms. The number of esters is 1. The number of anilines is 1. The maximum atomic E-state index is 13.9. The van der Waals surface area contributed by atoms with Gasteiger partial charge in [0.2, 0.25) is 5.76 Å². The van der Waals surface area contributed by atoms with Crippen LogP contribution in [0.1, 0.15) is 78.1 Å². The van der Waals surface area contributed by atoms with Gasteiger partial charge in [0.15, 0.2) is 16.9 Å². The third-order valence-electron chi connectivity index (χ3n) is 7.35. The molecule has 0 spiro atoms. The van der Waals surface area contributed by atoms with Crippen LogP contribution in [0.3, 0.4) is 0 Å². The number of benzene rings is 3. The number of carbonyl (C=O) groups is 2. The fraction of sp³-hybridized carbons (Fsp3) is 0.324. The summed E-state index contributed by atoms with van der Waals surface area (Å²) in [5.41, 5.74) is 1.84. The molecule has 2 heterocycles. The van der Waals surface area contributed by atoms with Crippen molar-refractivity contribution in [3.05, 3.63) is 99.4 Å². The lowest BCUT2D eigenvalue weighted by Crippen LogP contribution is -2.29. The molecule has 0 radical (unpaired) electrons. The van der Waals surface area contributed by atoms with Crippen LogP contribution in [0.2, 0.25) is 0 Å². The maximum absolute atomic E-state index is 13.9. The zero-order valence-corrected chi connectivity index (χ0v) is 24.3. The first kappa shape index (κ1) is 28.9. The summed E-state index contributed by atoms with van der Waals surface area (Å²) >= 11 is 0. The molecule has 3 aromatic carbocycles. The van der Waals surface area contributed by atoms with Crippen molar-refractivity contribution in [2.24, 2.45) is 5.92 Å². The zero-order valence-electron chi connectivity index (χ0n) is 24.3. The van der Waals surface area contributed by atoms with Gasteiger partial charge in [0, 0.05) is 5.69 Å². The third-order valence-corrected chi connectivity index (χ3v) is 7.35. The monoisotopic (exact) mass is 569 g/mol. The number of methoxy groups -OCH3 is 1. The standard InChI is InChI=1S/C34H35NO7/c1-5-6-18-41-34(38)22-11-14-24(15-12-22)35-30(23-13-16-27(28(20-23)39-4)40-19-17-21(2)3)29-31(36)25-9-7-8-10-26(25)42-32(29)33(35)37/h7-16,20-21,30H,5-6,17-19H2,1-4H3. The fourth-order valence-electron chi connectivity index (χ4n) is 5.03. The molecular weight excluding hydrogens is 534 g/mol. The Morgan fingerprint density at radius 1 is 0.976 bits per heavy atom. The van der Waals surface area contributed by atoms with Crippen molar-refractivity contribution in [2.75, 3.05) is 25.2 Å². The number of nitrogens with zero attached hydrogens (tertiary/aromatic N) is 1. The van der Waals surface area contributed by atoms with E-state index in [0.29, 0.717) is 58.4 Å². The minimum Gasteiger partial charge on any atom is -0.493 e. The summed E-state index contributed by atoms with van der Waals surface area (Å²) in [7, 11) is 1.56. The Labute approximate surface area is 244 Å². The number of hydrogen-bond acceptors (Lipinski definition) is 7. The van der Waals surface area contributed by atoms with Gasteiger partial charge in [-0.15, -0.1) is 0 Å². The second-order valence-corrected chi connectivity index (χ2v) is 10.7. The molecule has 0 bridgehead atoms. The summed E-state index contributed by atoms with van der Waals surface area (Å²) in [6.45, 7) is 7.16. The van der Waals surface area contributed by atoms with Gasteiger partial charge in [0.25, 0.3) is 5.91 Å². The second-order valence-electron chi connectivity index (χ2n) is 10.7. The number of ether oxygens (including phenoxy) is 3. The largest absolute Gasteiger partial charge is 0.493 e. The maximum Gasteiger partial charge on any atom is 0.338 e. The highest BCUT2D eigenvalue weighted by atomic mass is 16.5. The number of amides is 1. The Balaban J connectivity index is 1.58. The van der Waals surface area contributed by atoms with Gasteiger partial charge >= 0.3 is 5.97 Å². The molecule has 8 nitrogen and oxygen atoms in total. The number of carbonyl (C=O) groups excluding carboxylic acids is 2. The van der Waals surface area contributed by atoms with E-state index in [1.165, 1.54) is 4.90 Å². The Morgan fingerprint density at radius 3 is 2.45 bits per heavy atom. The van der Waals surface area contributed by atoms with Gasteiger partial charge in [-0.2, -0.15) is 0 Å². The van der Waals surface area contributed by atoms with Gasteiger partial charge in [0.1, 0.15) is 5.58 Å². The van der Waals surface area contributed by atoms with Crippen molar-refractivity contribution in [3.8, 4) is 11.5 Å². The van der Waals surface area contributed by atoms with Gasteiger partial charge in [-0.3, -0.25) is 14.5 Å². The van der Waals surface area contributed by atoms with Crippen LogP contribution in [-0.4, -0.2) is 32.2 Å². The molecule has 1 unspecified atom stereocenters. The van der Waals surface area contributed by atoms with Crippen LogP contribution in [0.15, 0.2) is 75.9 Å². The van der Waals surface area contributed by atoms with Gasteiger partial charge in [0.05, 0.1) is 42.9 Å². The molecule has 218 valence electrons. The minimum atomic E-state index is -0.797. The molecule has 4 aromatic rings. The summed E-state index contributed by atoms with van der Waals surface area (Å²) in [6, 6.07) is 18.1. The van der Waals surface area contributed by atoms with Crippen molar-refractivity contribution in [2.45, 2.75) is 46.1 Å². The van der Waals surface area contributed by atoms with Crippen molar-refractivity contribution < 1.29 is 28.2 Å². The molecule has 0 saturated heterocycles. The molecule has 42 heavy (non-hydrogen) atoms. The van der Waals surface area contributed by atoms with Crippen LogP contribution in [0, 0.1) is 5.92 Å². The van der Waals surface area contributed by atoms with E-state index in [-0.39, 0.29) is 16.8 Å². The molecular formula is C34H35NO7. The molecule has 1 atom stereocenters. The first-order valence-corrected chi connectivity index (χ1v) is 14.3. The first-order chi connectivity index (χ1) is 20.3. The van der Waals surface area contributed by atoms with E-state index in [1.54, 1.807) is 67.8 Å². The quantitative estimate of drug-likeness (QED) is 0.143. The third kappa shape index (κ3) is 5.62. The molecule has 0 saturated carbocycles. The van der Waals surface area contributed by atoms with Crippen molar-refractivity contribution in [3.63, 3.8) is 0 Å². The lowest BCUT2D eigenvalue weighted by molar-refractivity contribution is 0.0499. The zero-order chi connectivity index (χ0) is 29.8. The number of hydrogen-bond donors (Lipinski definition) is 0. The Hall–Kier alpha value is -4.59. The predicted molar refractivity (Wildman–Crippen MR) is 161 cm³/mol. The van der Waals surface area contributed by atoms with Crippen LogP contribution in [0.25, 0.3) is 11.0 Å². The number of fused-ring (bicyclic) bond motifs is 2. The van der Waals surface area contributed by atoms with Gasteiger partial charge in [-0.05, 0) is 72.9 Å². The highest BCUT2D eigenvalue weighted by Gasteiger charge is 2.44. The number of unbranched alkanes of at least 4 members (excludes halogenated alkanes) is 1. The number of para-hydroxylation sites is 1. The van der Waals surface area contributed by atoms with Crippen LogP contribution in [-0.2, 0) is 4.74 Å². The van der Waals surface area contributed by atoms with Gasteiger partial charge in [-0.25, -0.2) is 4.79 Å². The highest BCUT2D eigenvalue weighted by molar-refractivity contribution is 6.10. The molecule has 1 aromatic heterocycles. The summed E-state index contributed by atoms with van der Waals surface area (Å²) in [5, 5.41) is 0.390. The molecule has 1 amide bonds. The normalized spacial score (nSPS) is 14.4. The van der Waals surface area contributed by atoms with E-state index in [2.05, 4.69) is 13.8 Å². The summed E-state index contributed by atoms with van der Waals surface area (Å²) in [5.74, 6) is 0.671. The van der Waals surface area contributed by atoms with Crippen LogP contribution in [0.4, 0.5) is 5.69 Å². The summed E-state index contributed by atoms with van der Waals surface area (Å²) in [6.07, 6.45) is 2.59. The minimum absolute atomic E-state index is 0.0111. The lowest BCUT2D eigenvalue weighted by atomic mass is 9.97. The topological polar surface area (TPSA) is 95.3 Å². The SMILES string of the molecule is CCCCOC(=O)c1ccc(N2C(=O)c3oc4ccccc4c(=O)c3C2c2ccc(OCCC(C)C)c(OC)c2)cc1. The molecule has 0 aliphatic carbocycles. The van der Waals surface area contributed by atoms with E-state index in [9.17, 15) is 14.4 Å². The van der Waals surface area contributed by atoms with Crippen LogP contribution >= 0.6 is 0 Å². The molecule has 5 rings (SSSR count). The Kier molecular flexibility index (Phi) is 8.61. The van der Waals surface area contributed by atoms with E-state index in [1.807, 2.05) is 13.0 Å². The average molecular weight is 570 g/mol. The molecule has 0 N–H and O–H groups in total. The van der Waals surface area contributed by atoms with E-state index < -0.39 is 17.9 Å². The molecule has 0 fully saturated rings. The van der Waals surface area contributed by atoms with Gasteiger partial charge in [-0.1, -0.05) is 45.4 Å². The average Bonchev–Trinajstić information content (AvgIpc) is 3.29. The van der Waals surface area contributed by atoms with E-state index >= 15 is 0 Å². The van der Waals surface area contributed by atoms with E-state index in [0.717, 1.165) is 19.3 Å².